The Labute approximate surface area is 149 Å². The summed E-state index contributed by atoms with van der Waals surface area (Å²) in [6, 6.07) is 21.1. The zero-order chi connectivity index (χ0) is 17.6. The molecular weight excluding hydrogens is 310 g/mol. The van der Waals surface area contributed by atoms with Gasteiger partial charge < -0.3 is 5.11 Å². The van der Waals surface area contributed by atoms with E-state index in [0.717, 1.165) is 19.5 Å². The summed E-state index contributed by atoms with van der Waals surface area (Å²) in [5, 5.41) is 10.1. The minimum Gasteiger partial charge on any atom is -0.512 e. The summed E-state index contributed by atoms with van der Waals surface area (Å²) in [4.78, 5) is 14.3. The van der Waals surface area contributed by atoms with Gasteiger partial charge in [0.15, 0.2) is 5.78 Å². The highest BCUT2D eigenvalue weighted by Gasteiger charge is 2.28. The number of nitrogens with zero attached hydrogens (tertiary/aromatic N) is 1. The third kappa shape index (κ3) is 4.58. The third-order valence-corrected chi connectivity index (χ3v) is 4.90. The van der Waals surface area contributed by atoms with Crippen molar-refractivity contribution in [3.8, 4) is 0 Å². The van der Waals surface area contributed by atoms with E-state index in [2.05, 4.69) is 53.4 Å². The normalized spacial score (nSPS) is 17.8. The van der Waals surface area contributed by atoms with Gasteiger partial charge in [-0.2, -0.15) is 0 Å². The molecular formula is C22H25NO2. The molecule has 3 rings (SSSR count). The monoisotopic (exact) mass is 335 g/mol. The predicted molar refractivity (Wildman–Crippen MR) is 100 cm³/mol. The number of rotatable bonds is 6. The molecule has 0 amide bonds. The van der Waals surface area contributed by atoms with Gasteiger partial charge in [0.1, 0.15) is 0 Å². The van der Waals surface area contributed by atoms with Crippen LogP contribution in [-0.2, 0) is 17.9 Å². The van der Waals surface area contributed by atoms with Crippen LogP contribution in [-0.4, -0.2) is 21.8 Å². The van der Waals surface area contributed by atoms with Crippen LogP contribution in [0.2, 0.25) is 0 Å². The molecule has 0 fully saturated rings. The molecule has 1 aliphatic carbocycles. The Bertz CT molecular complexity index is 696. The van der Waals surface area contributed by atoms with Crippen LogP contribution < -0.4 is 0 Å². The number of carbonyl (C=O) groups excluding carboxylic acids is 1. The highest BCUT2D eigenvalue weighted by Crippen LogP contribution is 2.29. The number of benzene rings is 2. The largest absolute Gasteiger partial charge is 0.512 e. The second kappa shape index (κ2) is 8.13. The maximum absolute atomic E-state index is 11.9. The first-order chi connectivity index (χ1) is 12.1. The molecule has 1 aliphatic rings. The highest BCUT2D eigenvalue weighted by atomic mass is 16.3. The number of aliphatic hydroxyl groups is 1. The van der Waals surface area contributed by atoms with Crippen LogP contribution in [0.1, 0.15) is 37.3 Å². The van der Waals surface area contributed by atoms with Gasteiger partial charge in [0.25, 0.3) is 0 Å². The third-order valence-electron chi connectivity index (χ3n) is 4.90. The van der Waals surface area contributed by atoms with Crippen molar-refractivity contribution in [1.82, 2.24) is 4.90 Å². The zero-order valence-electron chi connectivity index (χ0n) is 14.7. The summed E-state index contributed by atoms with van der Waals surface area (Å²) in [5.74, 6) is 0.268. The van der Waals surface area contributed by atoms with Gasteiger partial charge in [0.2, 0.25) is 0 Å². The first-order valence-electron chi connectivity index (χ1n) is 8.87. The van der Waals surface area contributed by atoms with Crippen LogP contribution in [0.25, 0.3) is 0 Å². The topological polar surface area (TPSA) is 40.5 Å². The highest BCUT2D eigenvalue weighted by molar-refractivity contribution is 5.93. The van der Waals surface area contributed by atoms with Crippen molar-refractivity contribution in [2.45, 2.75) is 45.3 Å². The second-order valence-electron chi connectivity index (χ2n) is 6.75. The molecule has 1 N–H and O–H groups in total. The zero-order valence-corrected chi connectivity index (χ0v) is 14.7. The molecule has 0 saturated heterocycles. The standard InChI is InChI=1S/C22H25NO2/c1-17(24)21-14-20(12-13-22(21)25)23(15-18-8-4-2-5-9-18)16-19-10-6-3-7-11-19/h2-11,20,25H,12-16H2,1H3. The van der Waals surface area contributed by atoms with E-state index in [1.807, 2.05) is 12.1 Å². The Hall–Kier alpha value is -2.39. The molecule has 3 nitrogen and oxygen atoms in total. The molecule has 0 aromatic heterocycles. The van der Waals surface area contributed by atoms with Gasteiger partial charge in [-0.05, 0) is 30.9 Å². The lowest BCUT2D eigenvalue weighted by molar-refractivity contribution is -0.114. The lowest BCUT2D eigenvalue weighted by Crippen LogP contribution is -2.37. The summed E-state index contributed by atoms with van der Waals surface area (Å²) in [6.45, 7) is 3.23. The van der Waals surface area contributed by atoms with Crippen molar-refractivity contribution >= 4 is 5.78 Å². The van der Waals surface area contributed by atoms with Gasteiger partial charge in [-0.3, -0.25) is 9.69 Å². The molecule has 0 saturated carbocycles. The lowest BCUT2D eigenvalue weighted by Gasteiger charge is -2.35. The van der Waals surface area contributed by atoms with Crippen LogP contribution in [0.15, 0.2) is 72.0 Å². The average Bonchev–Trinajstić information content (AvgIpc) is 2.63. The molecule has 2 aromatic carbocycles. The van der Waals surface area contributed by atoms with Crippen molar-refractivity contribution in [3.05, 3.63) is 83.1 Å². The Balaban J connectivity index is 1.82. The lowest BCUT2D eigenvalue weighted by atomic mass is 9.89. The van der Waals surface area contributed by atoms with Gasteiger partial charge >= 0.3 is 0 Å². The van der Waals surface area contributed by atoms with Gasteiger partial charge in [0.05, 0.1) is 5.76 Å². The van der Waals surface area contributed by atoms with Crippen LogP contribution in [0.5, 0.6) is 0 Å². The molecule has 2 aromatic rings. The van der Waals surface area contributed by atoms with E-state index < -0.39 is 0 Å². The number of hydrogen-bond donors (Lipinski definition) is 1. The quantitative estimate of drug-likeness (QED) is 0.836. The Morgan fingerprint density at radius 2 is 1.52 bits per heavy atom. The van der Waals surface area contributed by atoms with E-state index in [1.54, 1.807) is 6.92 Å². The van der Waals surface area contributed by atoms with Crippen molar-refractivity contribution in [3.63, 3.8) is 0 Å². The molecule has 0 heterocycles. The summed E-state index contributed by atoms with van der Waals surface area (Å²) in [7, 11) is 0. The van der Waals surface area contributed by atoms with Gasteiger partial charge in [-0.1, -0.05) is 60.7 Å². The van der Waals surface area contributed by atoms with E-state index in [9.17, 15) is 9.90 Å². The average molecular weight is 335 g/mol. The maximum atomic E-state index is 11.9. The summed E-state index contributed by atoms with van der Waals surface area (Å²) < 4.78 is 0. The van der Waals surface area contributed by atoms with Crippen LogP contribution in [0, 0.1) is 0 Å². The minimum atomic E-state index is -0.0124. The Morgan fingerprint density at radius 1 is 1.00 bits per heavy atom. The van der Waals surface area contributed by atoms with Crippen LogP contribution >= 0.6 is 0 Å². The van der Waals surface area contributed by atoms with E-state index in [4.69, 9.17) is 0 Å². The molecule has 130 valence electrons. The molecule has 0 bridgehead atoms. The van der Waals surface area contributed by atoms with Gasteiger partial charge in [-0.15, -0.1) is 0 Å². The van der Waals surface area contributed by atoms with E-state index >= 15 is 0 Å². The first-order valence-corrected chi connectivity index (χ1v) is 8.87. The predicted octanol–water partition coefficient (Wildman–Crippen LogP) is 4.64. The van der Waals surface area contributed by atoms with E-state index in [-0.39, 0.29) is 17.6 Å². The molecule has 3 heteroatoms. The fourth-order valence-electron chi connectivity index (χ4n) is 3.52. The number of Topliss-reactive ketones (excluding diaryl/α,β-unsaturated/α-hetero) is 1. The molecule has 1 unspecified atom stereocenters. The molecule has 25 heavy (non-hydrogen) atoms. The van der Waals surface area contributed by atoms with Gasteiger partial charge in [0, 0.05) is 31.1 Å². The maximum Gasteiger partial charge on any atom is 0.159 e. The van der Waals surface area contributed by atoms with E-state index in [1.165, 1.54) is 11.1 Å². The van der Waals surface area contributed by atoms with Crippen molar-refractivity contribution < 1.29 is 9.90 Å². The fraction of sp³-hybridized carbons (Fsp3) is 0.318. The smallest absolute Gasteiger partial charge is 0.159 e. The van der Waals surface area contributed by atoms with Crippen LogP contribution in [0.4, 0.5) is 0 Å². The fourth-order valence-corrected chi connectivity index (χ4v) is 3.52. The van der Waals surface area contributed by atoms with E-state index in [0.29, 0.717) is 18.4 Å². The van der Waals surface area contributed by atoms with Crippen molar-refractivity contribution in [2.24, 2.45) is 0 Å². The molecule has 0 aliphatic heterocycles. The van der Waals surface area contributed by atoms with Gasteiger partial charge in [-0.25, -0.2) is 0 Å². The minimum absolute atomic E-state index is 0.0124. The summed E-state index contributed by atoms with van der Waals surface area (Å²) >= 11 is 0. The molecule has 0 radical (unpaired) electrons. The van der Waals surface area contributed by atoms with Crippen molar-refractivity contribution in [2.75, 3.05) is 0 Å². The first kappa shape index (κ1) is 17.4. The number of carbonyl (C=O) groups is 1. The Kier molecular flexibility index (Phi) is 5.67. The second-order valence-corrected chi connectivity index (χ2v) is 6.75. The summed E-state index contributed by atoms with van der Waals surface area (Å²) in [6.07, 6.45) is 2.09. The molecule has 0 spiro atoms. The molecule has 1 atom stereocenters. The SMILES string of the molecule is CC(=O)C1=C(O)CCC(N(Cc2ccccc2)Cc2ccccc2)C1. The number of ketones is 1. The summed E-state index contributed by atoms with van der Waals surface area (Å²) in [5.41, 5.74) is 3.13. The van der Waals surface area contributed by atoms with Crippen molar-refractivity contribution in [1.29, 1.82) is 0 Å². The number of allylic oxidation sites excluding steroid dienone is 1. The van der Waals surface area contributed by atoms with Crippen LogP contribution in [0.3, 0.4) is 0 Å². The Morgan fingerprint density at radius 3 is 2.00 bits per heavy atom. The number of aliphatic hydroxyl groups excluding tert-OH is 1. The number of hydrogen-bond acceptors (Lipinski definition) is 3.